The van der Waals surface area contributed by atoms with Crippen molar-refractivity contribution in [1.82, 2.24) is 0 Å². The number of hydrogen-bond acceptors (Lipinski definition) is 5. The Hall–Kier alpha value is -1.75. The standard InChI is InChI=1S/C12H18N2O3/c1-7-4-9(14-8(2)6-15)5-10(11(7)13)12(16)17-3/h4-5,8,14-15H,6,13H2,1-3H3. The van der Waals surface area contributed by atoms with Crippen LogP contribution in [0.5, 0.6) is 0 Å². The highest BCUT2D eigenvalue weighted by atomic mass is 16.5. The summed E-state index contributed by atoms with van der Waals surface area (Å²) in [4.78, 5) is 11.5. The van der Waals surface area contributed by atoms with Gasteiger partial charge in [-0.1, -0.05) is 0 Å². The van der Waals surface area contributed by atoms with Crippen LogP contribution in [0.25, 0.3) is 0 Å². The van der Waals surface area contributed by atoms with Gasteiger partial charge in [0.1, 0.15) is 0 Å². The lowest BCUT2D eigenvalue weighted by Gasteiger charge is -2.15. The number of nitrogen functional groups attached to an aromatic ring is 1. The van der Waals surface area contributed by atoms with Gasteiger partial charge in [0, 0.05) is 17.4 Å². The van der Waals surface area contributed by atoms with Crippen molar-refractivity contribution < 1.29 is 14.6 Å². The zero-order valence-corrected chi connectivity index (χ0v) is 10.3. The van der Waals surface area contributed by atoms with Gasteiger partial charge in [0.2, 0.25) is 0 Å². The van der Waals surface area contributed by atoms with Gasteiger partial charge in [-0.3, -0.25) is 0 Å². The Labute approximate surface area is 101 Å². The molecule has 1 atom stereocenters. The lowest BCUT2D eigenvalue weighted by molar-refractivity contribution is 0.0602. The van der Waals surface area contributed by atoms with Gasteiger partial charge in [-0.15, -0.1) is 0 Å². The normalized spacial score (nSPS) is 12.0. The smallest absolute Gasteiger partial charge is 0.340 e. The van der Waals surface area contributed by atoms with Gasteiger partial charge in [-0.2, -0.15) is 0 Å². The lowest BCUT2D eigenvalue weighted by atomic mass is 10.1. The van der Waals surface area contributed by atoms with Crippen molar-refractivity contribution >= 4 is 17.3 Å². The average Bonchev–Trinajstić information content (AvgIpc) is 2.32. The first-order valence-corrected chi connectivity index (χ1v) is 5.35. The molecule has 0 fully saturated rings. The number of nitrogens with one attached hydrogen (secondary N) is 1. The lowest BCUT2D eigenvalue weighted by Crippen LogP contribution is -2.20. The molecule has 1 rings (SSSR count). The molecule has 0 spiro atoms. The first kappa shape index (κ1) is 13.3. The fourth-order valence-corrected chi connectivity index (χ4v) is 1.49. The maximum atomic E-state index is 11.5. The van der Waals surface area contributed by atoms with E-state index < -0.39 is 5.97 Å². The van der Waals surface area contributed by atoms with Crippen LogP contribution in [0.3, 0.4) is 0 Å². The second kappa shape index (κ2) is 5.54. The number of carbonyl (C=O) groups excluding carboxylic acids is 1. The molecule has 0 amide bonds. The fraction of sp³-hybridized carbons (Fsp3) is 0.417. The van der Waals surface area contributed by atoms with Crippen molar-refractivity contribution in [2.24, 2.45) is 0 Å². The summed E-state index contributed by atoms with van der Waals surface area (Å²) in [7, 11) is 1.31. The Morgan fingerprint density at radius 2 is 2.24 bits per heavy atom. The maximum absolute atomic E-state index is 11.5. The number of aliphatic hydroxyl groups excluding tert-OH is 1. The van der Waals surface area contributed by atoms with Crippen molar-refractivity contribution in [3.63, 3.8) is 0 Å². The molecule has 0 aromatic heterocycles. The molecule has 0 aliphatic heterocycles. The minimum Gasteiger partial charge on any atom is -0.465 e. The van der Waals surface area contributed by atoms with Gasteiger partial charge in [0.25, 0.3) is 0 Å². The van der Waals surface area contributed by atoms with Crippen LogP contribution < -0.4 is 11.1 Å². The molecule has 5 nitrogen and oxygen atoms in total. The Kier molecular flexibility index (Phi) is 4.34. The van der Waals surface area contributed by atoms with Gasteiger partial charge in [0.05, 0.1) is 19.3 Å². The number of aliphatic hydroxyl groups is 1. The minimum atomic E-state index is -0.467. The van der Waals surface area contributed by atoms with Crippen LogP contribution in [0, 0.1) is 6.92 Å². The number of esters is 1. The van der Waals surface area contributed by atoms with Gasteiger partial charge in [-0.05, 0) is 31.5 Å². The Morgan fingerprint density at radius 3 is 2.76 bits per heavy atom. The fourth-order valence-electron chi connectivity index (χ4n) is 1.49. The number of aryl methyl sites for hydroxylation is 1. The molecule has 17 heavy (non-hydrogen) atoms. The maximum Gasteiger partial charge on any atom is 0.340 e. The summed E-state index contributed by atoms with van der Waals surface area (Å²) in [5.41, 5.74) is 8.09. The van der Waals surface area contributed by atoms with E-state index in [4.69, 9.17) is 10.8 Å². The summed E-state index contributed by atoms with van der Waals surface area (Å²) in [6.07, 6.45) is 0. The quantitative estimate of drug-likeness (QED) is 0.541. The SMILES string of the molecule is COC(=O)c1cc(NC(C)CO)cc(C)c1N. The van der Waals surface area contributed by atoms with E-state index >= 15 is 0 Å². The molecule has 1 aromatic rings. The van der Waals surface area contributed by atoms with E-state index in [0.29, 0.717) is 11.3 Å². The highest BCUT2D eigenvalue weighted by molar-refractivity contribution is 5.97. The van der Waals surface area contributed by atoms with E-state index in [1.165, 1.54) is 7.11 Å². The van der Waals surface area contributed by atoms with Crippen molar-refractivity contribution in [1.29, 1.82) is 0 Å². The van der Waals surface area contributed by atoms with Crippen molar-refractivity contribution in [2.45, 2.75) is 19.9 Å². The van der Waals surface area contributed by atoms with Crippen LogP contribution in [-0.2, 0) is 4.74 Å². The molecule has 1 aromatic carbocycles. The van der Waals surface area contributed by atoms with Crippen LogP contribution in [0.1, 0.15) is 22.8 Å². The number of nitrogens with two attached hydrogens (primary N) is 1. The largest absolute Gasteiger partial charge is 0.465 e. The topological polar surface area (TPSA) is 84.6 Å². The van der Waals surface area contributed by atoms with E-state index in [-0.39, 0.29) is 12.6 Å². The number of anilines is 2. The minimum absolute atomic E-state index is 0.0109. The van der Waals surface area contributed by atoms with Crippen LogP contribution in [0.2, 0.25) is 0 Å². The summed E-state index contributed by atoms with van der Waals surface area (Å²) >= 11 is 0. The summed E-state index contributed by atoms with van der Waals surface area (Å²) in [6, 6.07) is 3.36. The molecular formula is C12H18N2O3. The average molecular weight is 238 g/mol. The summed E-state index contributed by atoms with van der Waals surface area (Å²) in [5.74, 6) is -0.467. The summed E-state index contributed by atoms with van der Waals surface area (Å²) < 4.78 is 4.66. The first-order valence-electron chi connectivity index (χ1n) is 5.35. The number of benzene rings is 1. The molecular weight excluding hydrogens is 220 g/mol. The van der Waals surface area contributed by atoms with E-state index in [1.807, 2.05) is 19.9 Å². The molecule has 1 unspecified atom stereocenters. The predicted octanol–water partition coefficient (Wildman–Crippen LogP) is 1.16. The zero-order chi connectivity index (χ0) is 13.0. The Balaban J connectivity index is 3.10. The molecule has 0 radical (unpaired) electrons. The summed E-state index contributed by atoms with van der Waals surface area (Å²) in [5, 5.41) is 12.0. The van der Waals surface area contributed by atoms with Crippen molar-refractivity contribution in [3.05, 3.63) is 23.3 Å². The molecule has 94 valence electrons. The molecule has 0 heterocycles. The first-order chi connectivity index (χ1) is 7.99. The molecule has 0 saturated heterocycles. The van der Waals surface area contributed by atoms with Crippen LogP contribution in [0.4, 0.5) is 11.4 Å². The number of methoxy groups -OCH3 is 1. The van der Waals surface area contributed by atoms with E-state index in [2.05, 4.69) is 10.1 Å². The number of carbonyl (C=O) groups is 1. The highest BCUT2D eigenvalue weighted by Crippen LogP contribution is 2.23. The number of hydrogen-bond donors (Lipinski definition) is 3. The second-order valence-corrected chi connectivity index (χ2v) is 3.97. The van der Waals surface area contributed by atoms with Gasteiger partial charge < -0.3 is 20.9 Å². The Bertz CT molecular complexity index is 418. The Morgan fingerprint density at radius 1 is 1.59 bits per heavy atom. The van der Waals surface area contributed by atoms with Crippen LogP contribution >= 0.6 is 0 Å². The van der Waals surface area contributed by atoms with Crippen molar-refractivity contribution in [2.75, 3.05) is 24.8 Å². The van der Waals surface area contributed by atoms with E-state index in [9.17, 15) is 4.79 Å². The van der Waals surface area contributed by atoms with Crippen LogP contribution in [-0.4, -0.2) is 30.8 Å². The molecule has 4 N–H and O–H groups in total. The number of ether oxygens (including phenoxy) is 1. The third-order valence-corrected chi connectivity index (χ3v) is 2.48. The van der Waals surface area contributed by atoms with Gasteiger partial charge in [0.15, 0.2) is 0 Å². The molecule has 0 bridgehead atoms. The van der Waals surface area contributed by atoms with E-state index in [1.54, 1.807) is 6.07 Å². The molecule has 0 aliphatic rings. The van der Waals surface area contributed by atoms with Crippen LogP contribution in [0.15, 0.2) is 12.1 Å². The molecule has 0 saturated carbocycles. The zero-order valence-electron chi connectivity index (χ0n) is 10.3. The van der Waals surface area contributed by atoms with E-state index in [0.717, 1.165) is 11.3 Å². The predicted molar refractivity (Wildman–Crippen MR) is 67.1 cm³/mol. The number of rotatable bonds is 4. The van der Waals surface area contributed by atoms with Crippen molar-refractivity contribution in [3.8, 4) is 0 Å². The molecule has 0 aliphatic carbocycles. The highest BCUT2D eigenvalue weighted by Gasteiger charge is 2.14. The monoisotopic (exact) mass is 238 g/mol. The van der Waals surface area contributed by atoms with Gasteiger partial charge in [-0.25, -0.2) is 4.79 Å². The van der Waals surface area contributed by atoms with Gasteiger partial charge >= 0.3 is 5.97 Å². The second-order valence-electron chi connectivity index (χ2n) is 3.97. The summed E-state index contributed by atoms with van der Waals surface area (Å²) in [6.45, 7) is 3.66. The third kappa shape index (κ3) is 3.10. The molecule has 5 heteroatoms. The third-order valence-electron chi connectivity index (χ3n) is 2.48.